The summed E-state index contributed by atoms with van der Waals surface area (Å²) in [4.78, 5) is 34.1. The van der Waals surface area contributed by atoms with Crippen LogP contribution in [0.2, 0.25) is 0 Å². The highest BCUT2D eigenvalue weighted by Crippen LogP contribution is 2.31. The van der Waals surface area contributed by atoms with Crippen molar-refractivity contribution < 1.29 is 28.7 Å². The first-order valence-electron chi connectivity index (χ1n) is 7.38. The number of nitrogens with zero attached hydrogens (tertiary/aromatic N) is 1. The number of carbonyl (C=O) groups excluding carboxylic acids is 2. The Balaban J connectivity index is 1.97. The fourth-order valence-electron chi connectivity index (χ4n) is 2.12. The van der Waals surface area contributed by atoms with Gasteiger partial charge in [0.2, 0.25) is 0 Å². The van der Waals surface area contributed by atoms with Crippen LogP contribution in [0.4, 0.5) is 11.4 Å². The van der Waals surface area contributed by atoms with Gasteiger partial charge in [0.15, 0.2) is 18.1 Å². The summed E-state index contributed by atoms with van der Waals surface area (Å²) in [7, 11) is 2.82. The minimum Gasteiger partial charge on any atom is -0.493 e. The third-order valence-electron chi connectivity index (χ3n) is 3.32. The number of ether oxygens (including phenoxy) is 3. The largest absolute Gasteiger partial charge is 0.493 e. The number of carbonyl (C=O) groups is 2. The van der Waals surface area contributed by atoms with Crippen molar-refractivity contribution in [3.05, 3.63) is 58.1 Å². The molecule has 0 saturated heterocycles. The first-order valence-corrected chi connectivity index (χ1v) is 7.38. The first kappa shape index (κ1) is 18.7. The van der Waals surface area contributed by atoms with E-state index in [9.17, 15) is 19.7 Å². The third kappa shape index (κ3) is 4.47. The second-order valence-electron chi connectivity index (χ2n) is 4.97. The van der Waals surface area contributed by atoms with E-state index in [-0.39, 0.29) is 17.0 Å². The predicted molar refractivity (Wildman–Crippen MR) is 91.6 cm³/mol. The van der Waals surface area contributed by atoms with E-state index in [1.54, 1.807) is 12.1 Å². The number of non-ortho nitro benzene ring substituents is 1. The molecule has 26 heavy (non-hydrogen) atoms. The van der Waals surface area contributed by atoms with Gasteiger partial charge >= 0.3 is 5.97 Å². The lowest BCUT2D eigenvalue weighted by molar-refractivity contribution is -0.384. The van der Waals surface area contributed by atoms with Gasteiger partial charge in [0.05, 0.1) is 19.1 Å². The summed E-state index contributed by atoms with van der Waals surface area (Å²) < 4.78 is 15.2. The lowest BCUT2D eigenvalue weighted by Crippen LogP contribution is -2.21. The van der Waals surface area contributed by atoms with Crippen LogP contribution in [0.15, 0.2) is 42.5 Å². The molecule has 0 heterocycles. The van der Waals surface area contributed by atoms with E-state index in [1.807, 2.05) is 0 Å². The Labute approximate surface area is 148 Å². The number of para-hydroxylation sites is 1. The van der Waals surface area contributed by atoms with Gasteiger partial charge in [0, 0.05) is 17.8 Å². The van der Waals surface area contributed by atoms with Gasteiger partial charge in [-0.3, -0.25) is 14.9 Å². The van der Waals surface area contributed by atoms with E-state index >= 15 is 0 Å². The Kier molecular flexibility index (Phi) is 6.10. The van der Waals surface area contributed by atoms with Crippen LogP contribution in [0.5, 0.6) is 11.5 Å². The van der Waals surface area contributed by atoms with Crippen molar-refractivity contribution in [1.82, 2.24) is 0 Å². The zero-order chi connectivity index (χ0) is 19.1. The monoisotopic (exact) mass is 360 g/mol. The predicted octanol–water partition coefficient (Wildman–Crippen LogP) is 2.41. The minimum atomic E-state index is -0.750. The number of nitro benzene ring substituents is 1. The number of hydrogen-bond acceptors (Lipinski definition) is 7. The van der Waals surface area contributed by atoms with Crippen molar-refractivity contribution in [2.75, 3.05) is 26.1 Å². The van der Waals surface area contributed by atoms with Gasteiger partial charge in [-0.05, 0) is 24.3 Å². The van der Waals surface area contributed by atoms with Crippen LogP contribution in [-0.4, -0.2) is 37.6 Å². The molecule has 0 atom stereocenters. The molecule has 2 aromatic carbocycles. The summed E-state index contributed by atoms with van der Waals surface area (Å²) in [5, 5.41) is 13.1. The number of nitrogens with one attached hydrogen (secondary N) is 1. The quantitative estimate of drug-likeness (QED) is 0.458. The van der Waals surface area contributed by atoms with Crippen LogP contribution in [-0.2, 0) is 9.53 Å². The molecule has 2 aromatic rings. The Morgan fingerprint density at radius 2 is 1.77 bits per heavy atom. The maximum absolute atomic E-state index is 12.2. The number of methoxy groups -OCH3 is 2. The normalized spacial score (nSPS) is 9.92. The smallest absolute Gasteiger partial charge is 0.342 e. The molecule has 0 bridgehead atoms. The van der Waals surface area contributed by atoms with Crippen molar-refractivity contribution in [3.63, 3.8) is 0 Å². The summed E-state index contributed by atoms with van der Waals surface area (Å²) in [6.45, 7) is -0.532. The van der Waals surface area contributed by atoms with E-state index in [0.29, 0.717) is 11.4 Å². The fraction of sp³-hybridized carbons (Fsp3) is 0.176. The lowest BCUT2D eigenvalue weighted by Gasteiger charge is -2.12. The van der Waals surface area contributed by atoms with Crippen LogP contribution >= 0.6 is 0 Å². The topological polar surface area (TPSA) is 117 Å². The van der Waals surface area contributed by atoms with Crippen molar-refractivity contribution >= 4 is 23.3 Å². The maximum Gasteiger partial charge on any atom is 0.342 e. The van der Waals surface area contributed by atoms with Gasteiger partial charge < -0.3 is 19.5 Å². The Morgan fingerprint density at radius 1 is 1.08 bits per heavy atom. The molecule has 9 heteroatoms. The molecule has 0 aromatic heterocycles. The highest BCUT2D eigenvalue weighted by molar-refractivity contribution is 5.97. The molecule has 9 nitrogen and oxygen atoms in total. The summed E-state index contributed by atoms with van der Waals surface area (Å²) in [6.07, 6.45) is 0. The molecular formula is C17H16N2O7. The summed E-state index contributed by atoms with van der Waals surface area (Å²) in [5.74, 6) is -0.776. The standard InChI is InChI=1S/C17H16N2O7/c1-24-14-5-3-4-13(16(14)25-2)17(21)26-10-15(20)18-11-6-8-12(9-7-11)19(22)23/h3-9H,10H2,1-2H3,(H,18,20). The maximum atomic E-state index is 12.2. The molecule has 1 amide bonds. The summed E-state index contributed by atoms with van der Waals surface area (Å²) in [5.41, 5.74) is 0.366. The molecule has 0 spiro atoms. The van der Waals surface area contributed by atoms with Gasteiger partial charge in [-0.15, -0.1) is 0 Å². The molecule has 0 unspecified atom stereocenters. The SMILES string of the molecule is COc1cccc(C(=O)OCC(=O)Nc2ccc([N+](=O)[O-])cc2)c1OC. The fourth-order valence-corrected chi connectivity index (χ4v) is 2.12. The van der Waals surface area contributed by atoms with E-state index in [4.69, 9.17) is 14.2 Å². The Morgan fingerprint density at radius 3 is 2.35 bits per heavy atom. The van der Waals surface area contributed by atoms with Crippen molar-refractivity contribution in [2.45, 2.75) is 0 Å². The molecule has 2 rings (SSSR count). The van der Waals surface area contributed by atoms with Crippen LogP contribution in [0.3, 0.4) is 0 Å². The van der Waals surface area contributed by atoms with Crippen molar-refractivity contribution in [2.24, 2.45) is 0 Å². The molecular weight excluding hydrogens is 344 g/mol. The second kappa shape index (κ2) is 8.47. The van der Waals surface area contributed by atoms with Gasteiger partial charge in [-0.25, -0.2) is 4.79 Å². The number of esters is 1. The highest BCUT2D eigenvalue weighted by atomic mass is 16.6. The number of anilines is 1. The van der Waals surface area contributed by atoms with Gasteiger partial charge in [-0.2, -0.15) is 0 Å². The van der Waals surface area contributed by atoms with E-state index in [2.05, 4.69) is 5.32 Å². The van der Waals surface area contributed by atoms with Gasteiger partial charge in [0.1, 0.15) is 5.56 Å². The average Bonchev–Trinajstić information content (AvgIpc) is 2.65. The summed E-state index contributed by atoms with van der Waals surface area (Å²) >= 11 is 0. The number of rotatable bonds is 7. The minimum absolute atomic E-state index is 0.0976. The average molecular weight is 360 g/mol. The molecule has 0 aliphatic rings. The van der Waals surface area contributed by atoms with Crippen LogP contribution in [0.1, 0.15) is 10.4 Å². The number of amides is 1. The van der Waals surface area contributed by atoms with Crippen LogP contribution in [0, 0.1) is 10.1 Å². The molecule has 1 N–H and O–H groups in total. The lowest BCUT2D eigenvalue weighted by atomic mass is 10.2. The van der Waals surface area contributed by atoms with Crippen molar-refractivity contribution in [1.29, 1.82) is 0 Å². The molecule has 0 fully saturated rings. The second-order valence-corrected chi connectivity index (χ2v) is 4.97. The molecule has 0 saturated carbocycles. The first-order chi connectivity index (χ1) is 12.5. The van der Waals surface area contributed by atoms with E-state index in [0.717, 1.165) is 0 Å². The van der Waals surface area contributed by atoms with Crippen molar-refractivity contribution in [3.8, 4) is 11.5 Å². The number of hydrogen-bond donors (Lipinski definition) is 1. The van der Waals surface area contributed by atoms with Gasteiger partial charge in [0.25, 0.3) is 11.6 Å². The third-order valence-corrected chi connectivity index (χ3v) is 3.32. The van der Waals surface area contributed by atoms with Gasteiger partial charge in [-0.1, -0.05) is 6.07 Å². The summed E-state index contributed by atoms with van der Waals surface area (Å²) in [6, 6.07) is 9.96. The number of nitro groups is 1. The molecule has 136 valence electrons. The van der Waals surface area contributed by atoms with Crippen LogP contribution < -0.4 is 14.8 Å². The molecule has 0 radical (unpaired) electrons. The van der Waals surface area contributed by atoms with E-state index < -0.39 is 23.4 Å². The Bertz CT molecular complexity index is 818. The zero-order valence-corrected chi connectivity index (χ0v) is 14.1. The Hall–Kier alpha value is -3.62. The molecule has 0 aliphatic carbocycles. The number of benzene rings is 2. The molecule has 0 aliphatic heterocycles. The highest BCUT2D eigenvalue weighted by Gasteiger charge is 2.18. The van der Waals surface area contributed by atoms with Crippen LogP contribution in [0.25, 0.3) is 0 Å². The zero-order valence-electron chi connectivity index (χ0n) is 14.1. The van der Waals surface area contributed by atoms with E-state index in [1.165, 1.54) is 44.6 Å².